The van der Waals surface area contributed by atoms with E-state index in [1.807, 2.05) is 19.9 Å². The fourth-order valence-electron chi connectivity index (χ4n) is 4.44. The number of rotatable bonds is 6. The Hall–Kier alpha value is -3.14. The highest BCUT2D eigenvalue weighted by Gasteiger charge is 2.33. The average molecular weight is 468 g/mol. The lowest BCUT2D eigenvalue weighted by Crippen LogP contribution is -2.49. The maximum Gasteiger partial charge on any atom is 0.271 e. The van der Waals surface area contributed by atoms with Gasteiger partial charge in [0.25, 0.3) is 5.91 Å². The van der Waals surface area contributed by atoms with E-state index in [9.17, 15) is 9.59 Å². The van der Waals surface area contributed by atoms with Crippen molar-refractivity contribution in [2.45, 2.75) is 52.5 Å². The van der Waals surface area contributed by atoms with Crippen molar-refractivity contribution in [2.24, 2.45) is 18.9 Å². The Bertz CT molecular complexity index is 1110. The number of amides is 2. The molecule has 1 aliphatic carbocycles. The summed E-state index contributed by atoms with van der Waals surface area (Å²) in [5, 5.41) is 13.4. The third kappa shape index (κ3) is 5.11. The molecule has 0 aliphatic heterocycles. The number of aromatic nitrogens is 5. The third-order valence-corrected chi connectivity index (χ3v) is 7.23. The normalized spacial score (nSPS) is 19.2. The van der Waals surface area contributed by atoms with Gasteiger partial charge >= 0.3 is 0 Å². The van der Waals surface area contributed by atoms with E-state index in [1.54, 1.807) is 19.3 Å². The van der Waals surface area contributed by atoms with Crippen LogP contribution in [0.2, 0.25) is 0 Å². The summed E-state index contributed by atoms with van der Waals surface area (Å²) in [4.78, 5) is 31.7. The van der Waals surface area contributed by atoms with Crippen LogP contribution in [0.3, 0.4) is 0 Å². The Morgan fingerprint density at radius 1 is 1.15 bits per heavy atom. The number of pyridine rings is 1. The molecule has 0 aromatic carbocycles. The highest BCUT2D eigenvalue weighted by atomic mass is 32.1. The molecule has 0 unspecified atom stereocenters. The molecule has 10 heteroatoms. The highest BCUT2D eigenvalue weighted by molar-refractivity contribution is 7.06. The molecule has 1 atom stereocenters. The first-order valence-electron chi connectivity index (χ1n) is 11.2. The van der Waals surface area contributed by atoms with Crippen LogP contribution in [0, 0.1) is 25.7 Å². The number of aryl methyl sites for hydroxylation is 3. The topological polar surface area (TPSA) is 115 Å². The number of hydrogen-bond acceptors (Lipinski definition) is 7. The predicted molar refractivity (Wildman–Crippen MR) is 127 cm³/mol. The quantitative estimate of drug-likeness (QED) is 0.573. The summed E-state index contributed by atoms with van der Waals surface area (Å²) >= 11 is 1.47. The molecule has 2 N–H and O–H groups in total. The van der Waals surface area contributed by atoms with E-state index < -0.39 is 6.04 Å². The second-order valence-corrected chi connectivity index (χ2v) is 9.81. The Morgan fingerprint density at radius 2 is 1.91 bits per heavy atom. The van der Waals surface area contributed by atoms with Crippen molar-refractivity contribution < 1.29 is 9.59 Å². The first-order valence-corrected chi connectivity index (χ1v) is 12.0. The Labute approximate surface area is 197 Å². The minimum atomic E-state index is -0.660. The standard InChI is InChI=1S/C23H29N7O2S/c1-13-5-7-16(8-6-13)21(27-22(31)18-12-25-29-30(18)4)23(32)26-19-10-9-17(11-24-19)20-14(2)28-33-15(20)3/h9-13,16,21H,5-8H2,1-4H3,(H,27,31)(H,24,26,32)/t13-,16-,21-/m0/s1. The molecule has 0 saturated heterocycles. The van der Waals surface area contributed by atoms with E-state index in [1.165, 1.54) is 22.4 Å². The van der Waals surface area contributed by atoms with Crippen LogP contribution >= 0.6 is 11.5 Å². The van der Waals surface area contributed by atoms with Gasteiger partial charge in [-0.2, -0.15) is 4.37 Å². The molecule has 0 radical (unpaired) electrons. The summed E-state index contributed by atoms with van der Waals surface area (Å²) in [5.41, 5.74) is 3.33. The van der Waals surface area contributed by atoms with Crippen LogP contribution in [0.5, 0.6) is 0 Å². The zero-order valence-electron chi connectivity index (χ0n) is 19.3. The molecule has 174 valence electrons. The molecular formula is C23H29N7O2S. The molecule has 2 amide bonds. The summed E-state index contributed by atoms with van der Waals surface area (Å²) in [6, 6.07) is 3.06. The number of nitrogens with one attached hydrogen (secondary N) is 2. The van der Waals surface area contributed by atoms with Gasteiger partial charge in [-0.05, 0) is 62.2 Å². The number of anilines is 1. The van der Waals surface area contributed by atoms with Gasteiger partial charge in [0.15, 0.2) is 0 Å². The van der Waals surface area contributed by atoms with Crippen molar-refractivity contribution in [1.29, 1.82) is 0 Å². The smallest absolute Gasteiger partial charge is 0.271 e. The first-order chi connectivity index (χ1) is 15.8. The van der Waals surface area contributed by atoms with Gasteiger partial charge in [-0.25, -0.2) is 9.67 Å². The van der Waals surface area contributed by atoms with Crippen molar-refractivity contribution >= 4 is 29.2 Å². The van der Waals surface area contributed by atoms with Gasteiger partial charge in [0.05, 0.1) is 11.9 Å². The molecule has 33 heavy (non-hydrogen) atoms. The van der Waals surface area contributed by atoms with E-state index >= 15 is 0 Å². The van der Waals surface area contributed by atoms with E-state index in [0.717, 1.165) is 47.4 Å². The molecule has 4 rings (SSSR count). The second-order valence-electron chi connectivity index (χ2n) is 8.83. The number of carbonyl (C=O) groups is 2. The van der Waals surface area contributed by atoms with Crippen LogP contribution in [0.1, 0.15) is 53.7 Å². The lowest BCUT2D eigenvalue weighted by molar-refractivity contribution is -0.119. The van der Waals surface area contributed by atoms with Crippen molar-refractivity contribution in [2.75, 3.05) is 5.32 Å². The first kappa shape index (κ1) is 23.0. The monoisotopic (exact) mass is 467 g/mol. The van der Waals surface area contributed by atoms with Gasteiger partial charge in [0.1, 0.15) is 17.6 Å². The largest absolute Gasteiger partial charge is 0.339 e. The van der Waals surface area contributed by atoms with Crippen LogP contribution in [-0.4, -0.2) is 42.2 Å². The highest BCUT2D eigenvalue weighted by Crippen LogP contribution is 2.32. The second kappa shape index (κ2) is 9.78. The molecule has 1 fully saturated rings. The van der Waals surface area contributed by atoms with Crippen LogP contribution in [0.4, 0.5) is 5.82 Å². The zero-order valence-corrected chi connectivity index (χ0v) is 20.1. The fraction of sp³-hybridized carbons (Fsp3) is 0.478. The third-order valence-electron chi connectivity index (χ3n) is 6.38. The van der Waals surface area contributed by atoms with Crippen molar-refractivity contribution in [3.8, 4) is 11.1 Å². The van der Waals surface area contributed by atoms with Gasteiger partial charge < -0.3 is 10.6 Å². The zero-order chi connectivity index (χ0) is 23.5. The molecule has 1 aliphatic rings. The van der Waals surface area contributed by atoms with Crippen LogP contribution in [-0.2, 0) is 11.8 Å². The van der Waals surface area contributed by atoms with E-state index in [2.05, 4.69) is 37.2 Å². The summed E-state index contributed by atoms with van der Waals surface area (Å²) in [7, 11) is 1.65. The summed E-state index contributed by atoms with van der Waals surface area (Å²) in [5.74, 6) is 0.527. The van der Waals surface area contributed by atoms with Crippen molar-refractivity contribution in [1.82, 2.24) is 29.7 Å². The Kier molecular flexibility index (Phi) is 6.83. The van der Waals surface area contributed by atoms with Gasteiger partial charge in [0, 0.05) is 29.2 Å². The fourth-order valence-corrected chi connectivity index (χ4v) is 5.16. The van der Waals surface area contributed by atoms with Crippen LogP contribution in [0.15, 0.2) is 24.5 Å². The minimum Gasteiger partial charge on any atom is -0.339 e. The summed E-state index contributed by atoms with van der Waals surface area (Å²) < 4.78 is 5.79. The summed E-state index contributed by atoms with van der Waals surface area (Å²) in [6.07, 6.45) is 7.00. The van der Waals surface area contributed by atoms with Crippen LogP contribution in [0.25, 0.3) is 11.1 Å². The molecule has 3 aromatic heterocycles. The van der Waals surface area contributed by atoms with Gasteiger partial charge in [0.2, 0.25) is 5.91 Å². The van der Waals surface area contributed by atoms with Gasteiger partial charge in [-0.3, -0.25) is 9.59 Å². The van der Waals surface area contributed by atoms with Crippen LogP contribution < -0.4 is 10.6 Å². The molecule has 0 spiro atoms. The van der Waals surface area contributed by atoms with Crippen molar-refractivity contribution in [3.63, 3.8) is 0 Å². The lowest BCUT2D eigenvalue weighted by Gasteiger charge is -2.32. The molecule has 1 saturated carbocycles. The average Bonchev–Trinajstić information content (AvgIpc) is 3.38. The van der Waals surface area contributed by atoms with Gasteiger partial charge in [-0.15, -0.1) is 5.10 Å². The number of carbonyl (C=O) groups excluding carboxylic acids is 2. The molecule has 9 nitrogen and oxygen atoms in total. The van der Waals surface area contributed by atoms with Gasteiger partial charge in [-0.1, -0.05) is 25.0 Å². The number of nitrogens with zero attached hydrogens (tertiary/aromatic N) is 5. The Morgan fingerprint density at radius 3 is 2.48 bits per heavy atom. The number of hydrogen-bond donors (Lipinski definition) is 2. The van der Waals surface area contributed by atoms with E-state index in [-0.39, 0.29) is 17.7 Å². The summed E-state index contributed by atoms with van der Waals surface area (Å²) in [6.45, 7) is 6.24. The minimum absolute atomic E-state index is 0.0628. The maximum absolute atomic E-state index is 13.3. The predicted octanol–water partition coefficient (Wildman–Crippen LogP) is 3.51. The molecule has 3 heterocycles. The molecule has 3 aromatic rings. The maximum atomic E-state index is 13.3. The van der Waals surface area contributed by atoms with E-state index in [4.69, 9.17) is 0 Å². The van der Waals surface area contributed by atoms with E-state index in [0.29, 0.717) is 17.4 Å². The Balaban J connectivity index is 1.51. The molecular weight excluding hydrogens is 438 g/mol. The lowest BCUT2D eigenvalue weighted by atomic mass is 9.79. The molecule has 0 bridgehead atoms. The SMILES string of the molecule is Cc1nsc(C)c1-c1ccc(NC(=O)[C@@H](NC(=O)c2cnnn2C)[C@H]2CC[C@H](C)CC2)nc1. The van der Waals surface area contributed by atoms with Crippen molar-refractivity contribution in [3.05, 3.63) is 40.8 Å².